The molecule has 1 aliphatic rings. The van der Waals surface area contributed by atoms with E-state index in [-0.39, 0.29) is 18.8 Å². The van der Waals surface area contributed by atoms with E-state index in [1.165, 1.54) is 0 Å². The molecule has 0 amide bonds. The van der Waals surface area contributed by atoms with E-state index in [4.69, 9.17) is 14.6 Å². The molecule has 0 saturated carbocycles. The van der Waals surface area contributed by atoms with Gasteiger partial charge in [0, 0.05) is 6.10 Å². The maximum absolute atomic E-state index is 8.75. The standard InChI is InChI=1S/C13H16BNO2/c1-10-8-13(2,3)17-14(16-10)12-6-4-11(9-15)5-7-12/h4-7,10H,8H2,1-3H3/t10-/m0/s1. The molecule has 0 aromatic heterocycles. The zero-order valence-corrected chi connectivity index (χ0v) is 10.4. The fourth-order valence-corrected chi connectivity index (χ4v) is 2.18. The fourth-order valence-electron chi connectivity index (χ4n) is 2.18. The molecule has 0 radical (unpaired) electrons. The molecule has 1 heterocycles. The van der Waals surface area contributed by atoms with Crippen LogP contribution in [0.25, 0.3) is 0 Å². The minimum absolute atomic E-state index is 0.170. The third-order valence-electron chi connectivity index (χ3n) is 2.87. The number of benzene rings is 1. The Kier molecular flexibility index (Phi) is 3.23. The second-order valence-corrected chi connectivity index (χ2v) is 5.09. The molecule has 1 saturated heterocycles. The molecule has 2 rings (SSSR count). The second-order valence-electron chi connectivity index (χ2n) is 5.09. The van der Waals surface area contributed by atoms with Crippen LogP contribution >= 0.6 is 0 Å². The van der Waals surface area contributed by atoms with Gasteiger partial charge in [-0.25, -0.2) is 0 Å². The minimum atomic E-state index is -0.332. The van der Waals surface area contributed by atoms with Gasteiger partial charge in [0.25, 0.3) is 0 Å². The van der Waals surface area contributed by atoms with Gasteiger partial charge in [-0.15, -0.1) is 0 Å². The highest BCUT2D eigenvalue weighted by Crippen LogP contribution is 2.25. The van der Waals surface area contributed by atoms with Crippen LogP contribution in [0.15, 0.2) is 24.3 Å². The Balaban J connectivity index is 2.18. The predicted octanol–water partition coefficient (Wildman–Crippen LogP) is 1.86. The van der Waals surface area contributed by atoms with Crippen molar-refractivity contribution in [2.24, 2.45) is 0 Å². The predicted molar refractivity (Wildman–Crippen MR) is 66.9 cm³/mol. The lowest BCUT2D eigenvalue weighted by atomic mass is 9.75. The van der Waals surface area contributed by atoms with Gasteiger partial charge in [-0.1, -0.05) is 12.1 Å². The lowest BCUT2D eigenvalue weighted by Gasteiger charge is -2.38. The number of hydrogen-bond acceptors (Lipinski definition) is 3. The molecule has 0 aliphatic carbocycles. The van der Waals surface area contributed by atoms with E-state index in [0.717, 1.165) is 11.9 Å². The summed E-state index contributed by atoms with van der Waals surface area (Å²) in [6, 6.07) is 9.45. The van der Waals surface area contributed by atoms with Crippen molar-refractivity contribution in [1.29, 1.82) is 5.26 Å². The quantitative estimate of drug-likeness (QED) is 0.690. The molecule has 1 fully saturated rings. The zero-order valence-electron chi connectivity index (χ0n) is 10.4. The van der Waals surface area contributed by atoms with E-state index >= 15 is 0 Å². The Hall–Kier alpha value is -1.31. The van der Waals surface area contributed by atoms with Crippen molar-refractivity contribution in [2.45, 2.75) is 38.9 Å². The van der Waals surface area contributed by atoms with Crippen LogP contribution in [0, 0.1) is 11.3 Å². The van der Waals surface area contributed by atoms with E-state index in [2.05, 4.69) is 26.8 Å². The van der Waals surface area contributed by atoms with Crippen molar-refractivity contribution in [2.75, 3.05) is 0 Å². The molecule has 3 nitrogen and oxygen atoms in total. The van der Waals surface area contributed by atoms with Gasteiger partial charge < -0.3 is 9.31 Å². The molecule has 4 heteroatoms. The van der Waals surface area contributed by atoms with Crippen LogP contribution < -0.4 is 5.46 Å². The summed E-state index contributed by atoms with van der Waals surface area (Å²) in [6.07, 6.45) is 1.07. The number of nitrogens with zero attached hydrogens (tertiary/aromatic N) is 1. The van der Waals surface area contributed by atoms with Gasteiger partial charge in [-0.2, -0.15) is 5.26 Å². The first kappa shape index (κ1) is 12.2. The van der Waals surface area contributed by atoms with Gasteiger partial charge in [0.2, 0.25) is 0 Å². The van der Waals surface area contributed by atoms with Crippen LogP contribution in [0.2, 0.25) is 0 Å². The molecular formula is C13H16BNO2. The number of nitriles is 1. The maximum Gasteiger partial charge on any atom is 0.494 e. The van der Waals surface area contributed by atoms with Crippen LogP contribution in [0.1, 0.15) is 32.8 Å². The summed E-state index contributed by atoms with van der Waals surface area (Å²) in [6.45, 7) is 6.20. The summed E-state index contributed by atoms with van der Waals surface area (Å²) in [5.74, 6) is 0. The summed E-state index contributed by atoms with van der Waals surface area (Å²) < 4.78 is 11.7. The van der Waals surface area contributed by atoms with Crippen molar-refractivity contribution >= 4 is 12.6 Å². The minimum Gasteiger partial charge on any atom is -0.405 e. The van der Waals surface area contributed by atoms with E-state index in [0.29, 0.717) is 5.56 Å². The van der Waals surface area contributed by atoms with Crippen molar-refractivity contribution in [3.05, 3.63) is 29.8 Å². The maximum atomic E-state index is 8.75. The largest absolute Gasteiger partial charge is 0.494 e. The number of rotatable bonds is 1. The summed E-state index contributed by atoms with van der Waals surface area (Å²) in [5.41, 5.74) is 1.44. The van der Waals surface area contributed by atoms with E-state index in [1.807, 2.05) is 12.1 Å². The third kappa shape index (κ3) is 2.88. The zero-order chi connectivity index (χ0) is 12.5. The normalized spacial score (nSPS) is 23.2. The van der Waals surface area contributed by atoms with Crippen molar-refractivity contribution in [3.63, 3.8) is 0 Å². The second kappa shape index (κ2) is 4.52. The Morgan fingerprint density at radius 2 is 2.00 bits per heavy atom. The molecule has 1 aromatic rings. The smallest absolute Gasteiger partial charge is 0.405 e. The molecule has 1 atom stereocenters. The van der Waals surface area contributed by atoms with Crippen LogP contribution in [-0.2, 0) is 9.31 Å². The molecule has 0 N–H and O–H groups in total. The Morgan fingerprint density at radius 1 is 1.35 bits per heavy atom. The lowest BCUT2D eigenvalue weighted by molar-refractivity contribution is -0.0229. The molecule has 88 valence electrons. The highest BCUT2D eigenvalue weighted by atomic mass is 16.6. The third-order valence-corrected chi connectivity index (χ3v) is 2.87. The lowest BCUT2D eigenvalue weighted by Crippen LogP contribution is -2.51. The monoisotopic (exact) mass is 229 g/mol. The molecule has 0 bridgehead atoms. The van der Waals surface area contributed by atoms with E-state index in [1.54, 1.807) is 12.1 Å². The van der Waals surface area contributed by atoms with Crippen LogP contribution in [0.5, 0.6) is 0 Å². The highest BCUT2D eigenvalue weighted by molar-refractivity contribution is 6.61. The highest BCUT2D eigenvalue weighted by Gasteiger charge is 2.37. The first-order valence-electron chi connectivity index (χ1n) is 5.83. The van der Waals surface area contributed by atoms with Crippen LogP contribution in [-0.4, -0.2) is 18.8 Å². The first-order valence-corrected chi connectivity index (χ1v) is 5.83. The Bertz CT molecular complexity index is 436. The van der Waals surface area contributed by atoms with E-state index in [9.17, 15) is 0 Å². The summed E-state index contributed by atoms with van der Waals surface area (Å²) >= 11 is 0. The molecular weight excluding hydrogens is 213 g/mol. The van der Waals surface area contributed by atoms with Gasteiger partial charge in [0.05, 0.1) is 17.2 Å². The molecule has 1 aliphatic heterocycles. The van der Waals surface area contributed by atoms with Gasteiger partial charge >= 0.3 is 7.12 Å². The van der Waals surface area contributed by atoms with Crippen molar-refractivity contribution in [3.8, 4) is 6.07 Å². The Morgan fingerprint density at radius 3 is 2.53 bits per heavy atom. The van der Waals surface area contributed by atoms with E-state index < -0.39 is 0 Å². The van der Waals surface area contributed by atoms with Gasteiger partial charge in [0.1, 0.15) is 0 Å². The molecule has 0 spiro atoms. The average Bonchev–Trinajstić information content (AvgIpc) is 2.26. The summed E-state index contributed by atoms with van der Waals surface area (Å²) in [4.78, 5) is 0. The van der Waals surface area contributed by atoms with Gasteiger partial charge in [-0.3, -0.25) is 0 Å². The fraction of sp³-hybridized carbons (Fsp3) is 0.462. The van der Waals surface area contributed by atoms with Crippen molar-refractivity contribution < 1.29 is 9.31 Å². The SMILES string of the molecule is C[C@H]1CC(C)(C)OB(c2ccc(C#N)cc2)O1. The molecule has 0 unspecified atom stereocenters. The topological polar surface area (TPSA) is 42.2 Å². The number of hydrogen-bond donors (Lipinski definition) is 0. The first-order chi connectivity index (χ1) is 8.00. The molecule has 17 heavy (non-hydrogen) atoms. The van der Waals surface area contributed by atoms with Gasteiger partial charge in [-0.05, 0) is 44.8 Å². The summed E-state index contributed by atoms with van der Waals surface area (Å²) in [7, 11) is -0.332. The summed E-state index contributed by atoms with van der Waals surface area (Å²) in [5, 5.41) is 8.75. The van der Waals surface area contributed by atoms with Crippen LogP contribution in [0.4, 0.5) is 0 Å². The van der Waals surface area contributed by atoms with Gasteiger partial charge in [0.15, 0.2) is 0 Å². The Labute approximate surface area is 102 Å². The van der Waals surface area contributed by atoms with Crippen LogP contribution in [0.3, 0.4) is 0 Å². The average molecular weight is 229 g/mol. The van der Waals surface area contributed by atoms with Crippen molar-refractivity contribution in [1.82, 2.24) is 0 Å². The molecule has 1 aromatic carbocycles.